The summed E-state index contributed by atoms with van der Waals surface area (Å²) in [6.07, 6.45) is 0. The summed E-state index contributed by atoms with van der Waals surface area (Å²) in [6.45, 7) is 1.22. The molecule has 147 heavy (non-hydrogen) atoms. The Balaban J connectivity index is 0.0000000871. The lowest BCUT2D eigenvalue weighted by molar-refractivity contribution is 1.18. The summed E-state index contributed by atoms with van der Waals surface area (Å²) in [4.78, 5) is 23.7. The lowest BCUT2D eigenvalue weighted by atomic mass is 9.32. The highest BCUT2D eigenvalue weighted by atomic mass is 15.2. The van der Waals surface area contributed by atoms with E-state index in [1.165, 1.54) is 282 Å². The zero-order chi connectivity index (χ0) is 98.3. The summed E-state index contributed by atoms with van der Waals surface area (Å²) >= 11 is 0. The second-order valence-electron chi connectivity index (χ2n) is 41.3. The van der Waals surface area contributed by atoms with Crippen molar-refractivity contribution in [3.63, 3.8) is 0 Å². The first-order valence-corrected chi connectivity index (χ1v) is 51.5. The topological polar surface area (TPSA) is 32.4 Å². The Morgan fingerprint density at radius 2 is 0.313 bits per heavy atom. The van der Waals surface area contributed by atoms with Crippen LogP contribution in [0.5, 0.6) is 0 Å². The van der Waals surface area contributed by atoms with Crippen molar-refractivity contribution in [2.24, 2.45) is 0 Å². The molecule has 0 amide bonds. The normalized spacial score (nSPS) is 14.0. The monoisotopic (exact) mass is 1880 g/mol. The van der Waals surface area contributed by atoms with Crippen LogP contribution in [0.15, 0.2) is 431 Å². The molecule has 0 saturated heterocycles. The molecule has 0 unspecified atom stereocenters. The van der Waals surface area contributed by atoms with E-state index in [0.717, 1.165) is 0 Å². The predicted octanol–water partition coefficient (Wildman–Crippen LogP) is 21.1. The molecule has 15 heteroatoms. The largest absolute Gasteiger partial charge is 0.345 e. The molecule has 0 aliphatic carbocycles. The molecule has 0 fully saturated rings. The van der Waals surface area contributed by atoms with Crippen LogP contribution in [0, 0.1) is 0 Å². The summed E-state index contributed by atoms with van der Waals surface area (Å²) in [6, 6.07) is 159. The van der Waals surface area contributed by atoms with Crippen molar-refractivity contribution in [1.82, 2.24) is 0 Å². The van der Waals surface area contributed by atoms with Gasteiger partial charge in [-0.2, -0.15) is 0 Å². The number of hydrogen-bond donors (Lipinski definition) is 0. The van der Waals surface area contributed by atoms with E-state index in [1.54, 1.807) is 0 Å². The number of rotatable bonds is 0. The first-order chi connectivity index (χ1) is 72.2. The van der Waals surface area contributed by atoms with E-state index in [9.17, 15) is 0 Å². The van der Waals surface area contributed by atoms with Gasteiger partial charge in [0, 0.05) is 195 Å². The Morgan fingerprint density at radius 1 is 0.116 bits per heavy atom. The van der Waals surface area contributed by atoms with Crippen molar-refractivity contribution in [2.75, 3.05) is 119 Å². The van der Waals surface area contributed by atoms with E-state index in [0.29, 0.717) is 6.71 Å². The SMILES string of the molecule is CN1c2cc3ccccc3cc2B2c3c1cccc3N(C)c1ccc3ccccc3c12.CN1c2cc3ccccc3cc2B2c3cc4ccccc4cc3N(C)c3cccc1c32.CN1c2cccc3c2B(c2c1ccc1ccccc21)c1c(ccc2ccccc12)N3C.CN1c2cccc3c2B(c2ccc4ccccc4c21)c1ccc2ccccc2c1N3C.CN1c2ccccc2B2c3ccccc3N(C)c3cccc1c32. The van der Waals surface area contributed by atoms with E-state index in [1.807, 2.05) is 0 Å². The third-order valence-corrected chi connectivity index (χ3v) is 34.2. The molecular weight excluding hydrogens is 1780 g/mol. The summed E-state index contributed by atoms with van der Waals surface area (Å²) in [5.74, 6) is 0. The second kappa shape index (κ2) is 33.0. The quantitative estimate of drug-likeness (QED) is 0.137. The Labute approximate surface area is 859 Å². The third kappa shape index (κ3) is 12.6. The molecule has 0 spiro atoms. The Kier molecular flexibility index (Phi) is 19.3. The molecular formula is C132H101B5N10. The fraction of sp³-hybridized carbons (Fsp3) is 0.0758. The van der Waals surface area contributed by atoms with Gasteiger partial charge in [-0.1, -0.05) is 322 Å². The minimum atomic E-state index is 0.209. The fourth-order valence-corrected chi connectivity index (χ4v) is 27.5. The molecule has 23 aromatic rings. The van der Waals surface area contributed by atoms with Crippen molar-refractivity contribution < 1.29 is 0 Å². The van der Waals surface area contributed by atoms with Gasteiger partial charge >= 0.3 is 0 Å². The van der Waals surface area contributed by atoms with Crippen molar-refractivity contribution in [3.8, 4) is 0 Å². The molecule has 0 atom stereocenters. The lowest BCUT2D eigenvalue weighted by Gasteiger charge is -2.42. The molecule has 23 aromatic carbocycles. The number of benzene rings is 23. The van der Waals surface area contributed by atoms with Crippen LogP contribution in [-0.4, -0.2) is 104 Å². The van der Waals surface area contributed by atoms with Crippen LogP contribution < -0.4 is 131 Å². The van der Waals surface area contributed by atoms with Crippen LogP contribution in [0.25, 0.3) is 86.2 Å². The van der Waals surface area contributed by atoms with Gasteiger partial charge in [-0.05, 0) is 267 Å². The van der Waals surface area contributed by atoms with Crippen LogP contribution in [0.2, 0.25) is 0 Å². The highest BCUT2D eigenvalue weighted by Crippen LogP contribution is 2.47. The van der Waals surface area contributed by atoms with Crippen LogP contribution in [0.4, 0.5) is 114 Å². The van der Waals surface area contributed by atoms with Crippen LogP contribution >= 0.6 is 0 Å². The van der Waals surface area contributed by atoms with Gasteiger partial charge in [-0.3, -0.25) is 0 Å². The molecule has 0 N–H and O–H groups in total. The number of nitrogens with zero attached hydrogens (tertiary/aromatic N) is 10. The summed E-state index contributed by atoms with van der Waals surface area (Å²) in [5.41, 5.74) is 47.3. The highest BCUT2D eigenvalue weighted by molar-refractivity contribution is 7.04. The molecule has 0 aromatic heterocycles. The first-order valence-electron chi connectivity index (χ1n) is 51.5. The van der Waals surface area contributed by atoms with Gasteiger partial charge in [0.1, 0.15) is 0 Å². The Morgan fingerprint density at radius 3 is 0.639 bits per heavy atom. The minimum absolute atomic E-state index is 0.209. The number of hydrogen-bond acceptors (Lipinski definition) is 10. The first kappa shape index (κ1) is 86.2. The Bertz CT molecular complexity index is 9120. The van der Waals surface area contributed by atoms with Crippen LogP contribution in [0.1, 0.15) is 0 Å². The molecule has 10 aliphatic rings. The maximum atomic E-state index is 2.42. The van der Waals surface area contributed by atoms with E-state index in [-0.39, 0.29) is 26.9 Å². The average molecular weight is 1880 g/mol. The van der Waals surface area contributed by atoms with Gasteiger partial charge in [0.2, 0.25) is 0 Å². The Hall–Kier alpha value is -17.5. The zero-order valence-electron chi connectivity index (χ0n) is 83.9. The van der Waals surface area contributed by atoms with Gasteiger partial charge in [-0.25, -0.2) is 0 Å². The second-order valence-corrected chi connectivity index (χ2v) is 41.3. The van der Waals surface area contributed by atoms with E-state index in [2.05, 4.69) is 550 Å². The molecule has 694 valence electrons. The third-order valence-electron chi connectivity index (χ3n) is 34.2. The van der Waals surface area contributed by atoms with E-state index >= 15 is 0 Å². The van der Waals surface area contributed by atoms with E-state index in [4.69, 9.17) is 0 Å². The van der Waals surface area contributed by atoms with Gasteiger partial charge in [0.05, 0.1) is 0 Å². The van der Waals surface area contributed by atoms with Crippen molar-refractivity contribution in [3.05, 3.63) is 431 Å². The summed E-state index contributed by atoms with van der Waals surface area (Å²) in [5, 5.41) is 21.0. The van der Waals surface area contributed by atoms with E-state index < -0.39 is 0 Å². The predicted molar refractivity (Wildman–Crippen MR) is 641 cm³/mol. The number of anilines is 20. The number of fused-ring (bicyclic) bond motifs is 33. The van der Waals surface area contributed by atoms with Crippen LogP contribution in [-0.2, 0) is 0 Å². The smallest absolute Gasteiger partial charge is 0.253 e. The number of para-hydroxylation sites is 2. The maximum Gasteiger partial charge on any atom is 0.253 e. The minimum Gasteiger partial charge on any atom is -0.345 e. The molecule has 0 bridgehead atoms. The average Bonchev–Trinajstić information content (AvgIpc) is 0.693. The van der Waals surface area contributed by atoms with Gasteiger partial charge < -0.3 is 49.0 Å². The molecule has 0 saturated carbocycles. The fourth-order valence-electron chi connectivity index (χ4n) is 27.5. The molecule has 10 heterocycles. The summed E-state index contributed by atoms with van der Waals surface area (Å²) < 4.78 is 0. The van der Waals surface area contributed by atoms with Gasteiger partial charge in [0.15, 0.2) is 0 Å². The molecule has 0 radical (unpaired) electrons. The highest BCUT2D eigenvalue weighted by Gasteiger charge is 2.49. The zero-order valence-corrected chi connectivity index (χ0v) is 83.9. The maximum absolute atomic E-state index is 2.42. The summed E-state index contributed by atoms with van der Waals surface area (Å²) in [7, 11) is 22.0. The molecule has 33 rings (SSSR count). The molecule has 10 nitrogen and oxygen atoms in total. The van der Waals surface area contributed by atoms with Crippen molar-refractivity contribution in [1.29, 1.82) is 0 Å². The standard InChI is InChI=1S/4C28H21BN2.C20H17BN2/c1-30-24-12-7-13-25-28(24)29(22-14-18-8-3-5-10-20(18)16-26(22)30)23-15-19-9-4-6-11-21(19)17-27(23)31(25)2;1-30-24-12-7-13-25-26(24)29(22-16-14-18-8-3-5-10-20(18)27(22)30)23-17-15-19-9-4-6-11-21(19)28(23)31(25)2;1-30-22-12-7-13-23-28(22)29(26-20-10-5-3-8-18(20)14-16-24(26)30)27-21-11-6-4-9-19(21)15-17-25(27)31(23)2;1-30-23-12-7-13-24-28(23)29(27-21-11-6-5-8-18(21)14-15-25(27)30)22-16-19-9-3-4-10-20(19)17-26(22)31(24)2;1-22-16-10-5-3-8-14(16)21-15-9-4-6-11-17(15)23(2)19-13-7-12-18(22)20(19)21/h4*3-17H,1-2H3;3-13H,1-2H3. The van der Waals surface area contributed by atoms with Crippen LogP contribution in [0.3, 0.4) is 0 Å². The van der Waals surface area contributed by atoms with Crippen molar-refractivity contribution >= 4 is 315 Å². The molecule has 10 aliphatic heterocycles. The van der Waals surface area contributed by atoms with Crippen molar-refractivity contribution in [2.45, 2.75) is 0 Å². The lowest BCUT2D eigenvalue weighted by Crippen LogP contribution is -2.62. The van der Waals surface area contributed by atoms with Gasteiger partial charge in [0.25, 0.3) is 33.6 Å². The van der Waals surface area contributed by atoms with Gasteiger partial charge in [-0.15, -0.1) is 0 Å².